The summed E-state index contributed by atoms with van der Waals surface area (Å²) in [5, 5.41) is 9.42. The molecule has 5 heteroatoms. The zero-order valence-corrected chi connectivity index (χ0v) is 9.25. The van der Waals surface area contributed by atoms with Crippen LogP contribution in [0.3, 0.4) is 0 Å². The van der Waals surface area contributed by atoms with Crippen LogP contribution in [0.1, 0.15) is 23.7 Å². The normalized spacial score (nSPS) is 23.5. The fourth-order valence-corrected chi connectivity index (χ4v) is 1.78. The molecule has 0 aliphatic carbocycles. The number of carboxylic acids is 1. The number of hydrogen-bond acceptors (Lipinski definition) is 3. The third-order valence-electron chi connectivity index (χ3n) is 2.53. The van der Waals surface area contributed by atoms with Gasteiger partial charge in [-0.3, -0.25) is 4.79 Å². The number of carbonyl (C=O) groups excluding carboxylic acids is 1. The third kappa shape index (κ3) is 1.65. The number of halogens is 1. The van der Waals surface area contributed by atoms with Gasteiger partial charge in [-0.25, -0.2) is 4.79 Å². The molecule has 2 rings (SSSR count). The van der Waals surface area contributed by atoms with Crippen molar-refractivity contribution in [1.82, 2.24) is 0 Å². The average molecular weight is 241 g/mol. The predicted molar refractivity (Wildman–Crippen MR) is 57.1 cm³/mol. The molecule has 1 aromatic carbocycles. The molecule has 0 bridgehead atoms. The highest BCUT2D eigenvalue weighted by Crippen LogP contribution is 2.34. The number of rotatable bonds is 1. The van der Waals surface area contributed by atoms with Crippen molar-refractivity contribution in [2.45, 2.75) is 18.9 Å². The van der Waals surface area contributed by atoms with E-state index in [2.05, 4.69) is 0 Å². The fourth-order valence-electron chi connectivity index (χ4n) is 1.61. The lowest BCUT2D eigenvalue weighted by molar-refractivity contribution is -0.154. The van der Waals surface area contributed by atoms with Gasteiger partial charge in [-0.15, -0.1) is 0 Å². The zero-order valence-electron chi connectivity index (χ0n) is 8.49. The Morgan fingerprint density at radius 1 is 1.56 bits per heavy atom. The van der Waals surface area contributed by atoms with Gasteiger partial charge in [0.1, 0.15) is 5.75 Å². The van der Waals surface area contributed by atoms with Gasteiger partial charge in [0.15, 0.2) is 5.78 Å². The number of hydrogen-bond donors (Lipinski definition) is 1. The lowest BCUT2D eigenvalue weighted by atomic mass is 9.92. The molecular weight excluding hydrogens is 232 g/mol. The summed E-state index contributed by atoms with van der Waals surface area (Å²) in [4.78, 5) is 22.8. The third-order valence-corrected chi connectivity index (χ3v) is 2.76. The summed E-state index contributed by atoms with van der Waals surface area (Å²) in [6, 6.07) is 4.55. The Morgan fingerprint density at radius 3 is 2.88 bits per heavy atom. The first kappa shape index (κ1) is 11.0. The molecule has 1 aliphatic heterocycles. The lowest BCUT2D eigenvalue weighted by Crippen LogP contribution is -2.46. The van der Waals surface area contributed by atoms with Gasteiger partial charge >= 0.3 is 5.97 Å². The number of carbonyl (C=O) groups is 2. The Morgan fingerprint density at radius 2 is 2.25 bits per heavy atom. The number of aliphatic carboxylic acids is 1. The van der Waals surface area contributed by atoms with Gasteiger partial charge in [0.2, 0.25) is 5.60 Å². The molecule has 1 heterocycles. The topological polar surface area (TPSA) is 63.6 Å². The van der Waals surface area contributed by atoms with E-state index < -0.39 is 11.6 Å². The summed E-state index contributed by atoms with van der Waals surface area (Å²) < 4.78 is 5.33. The first-order valence-electron chi connectivity index (χ1n) is 4.67. The second kappa shape index (κ2) is 3.49. The predicted octanol–water partition coefficient (Wildman–Crippen LogP) is 2.15. The molecular formula is C11H9ClO4. The number of ether oxygens (including phenoxy) is 1. The van der Waals surface area contributed by atoms with E-state index in [1.54, 1.807) is 6.07 Å². The molecule has 0 aromatic heterocycles. The lowest BCUT2D eigenvalue weighted by Gasteiger charge is -2.31. The average Bonchev–Trinajstić information content (AvgIpc) is 2.19. The van der Waals surface area contributed by atoms with Crippen molar-refractivity contribution in [3.63, 3.8) is 0 Å². The molecule has 16 heavy (non-hydrogen) atoms. The van der Waals surface area contributed by atoms with Gasteiger partial charge in [0, 0.05) is 5.02 Å². The smallest absolute Gasteiger partial charge is 0.348 e. The number of carboxylic acid groups (broad SMARTS) is 1. The maximum Gasteiger partial charge on any atom is 0.348 e. The Balaban J connectivity index is 2.49. The van der Waals surface area contributed by atoms with Gasteiger partial charge in [0.05, 0.1) is 12.0 Å². The summed E-state index contributed by atoms with van der Waals surface area (Å²) in [5.41, 5.74) is -1.15. The quantitative estimate of drug-likeness (QED) is 0.817. The van der Waals surface area contributed by atoms with E-state index in [4.69, 9.17) is 21.4 Å². The molecule has 0 saturated carbocycles. The van der Waals surface area contributed by atoms with Crippen LogP contribution in [-0.2, 0) is 4.79 Å². The Hall–Kier alpha value is -1.55. The molecule has 1 unspecified atom stereocenters. The molecule has 84 valence electrons. The van der Waals surface area contributed by atoms with Crippen molar-refractivity contribution in [3.8, 4) is 5.75 Å². The summed E-state index contributed by atoms with van der Waals surface area (Å²) in [6.45, 7) is 1.38. The number of benzene rings is 1. The van der Waals surface area contributed by atoms with Crippen LogP contribution in [0.5, 0.6) is 5.75 Å². The van der Waals surface area contributed by atoms with Crippen molar-refractivity contribution in [2.75, 3.05) is 0 Å². The van der Waals surface area contributed by atoms with Crippen molar-refractivity contribution in [1.29, 1.82) is 0 Å². The van der Waals surface area contributed by atoms with Crippen molar-refractivity contribution >= 4 is 23.4 Å². The first-order chi connectivity index (χ1) is 7.42. The minimum Gasteiger partial charge on any atom is -0.478 e. The molecule has 1 atom stereocenters. The second-order valence-corrected chi connectivity index (χ2v) is 4.31. The molecule has 1 aromatic rings. The molecule has 0 spiro atoms. The minimum absolute atomic E-state index is 0.185. The second-order valence-electron chi connectivity index (χ2n) is 3.88. The largest absolute Gasteiger partial charge is 0.478 e. The summed E-state index contributed by atoms with van der Waals surface area (Å²) in [5.74, 6) is -1.15. The van der Waals surface area contributed by atoms with Crippen molar-refractivity contribution < 1.29 is 19.4 Å². The maximum absolute atomic E-state index is 11.8. The number of fused-ring (bicyclic) bond motifs is 1. The molecule has 0 saturated heterocycles. The summed E-state index contributed by atoms with van der Waals surface area (Å²) in [6.07, 6.45) is -0.185. The van der Waals surface area contributed by atoms with Crippen LogP contribution in [0.2, 0.25) is 5.02 Å². The monoisotopic (exact) mass is 240 g/mol. The van der Waals surface area contributed by atoms with Crippen LogP contribution in [0.15, 0.2) is 18.2 Å². The van der Waals surface area contributed by atoms with E-state index in [9.17, 15) is 9.59 Å². The molecule has 0 fully saturated rings. The van der Waals surface area contributed by atoms with Crippen molar-refractivity contribution in [2.24, 2.45) is 0 Å². The van der Waals surface area contributed by atoms with E-state index in [1.807, 2.05) is 0 Å². The number of Topliss-reactive ketones (excluding diaryl/α,β-unsaturated/α-hetero) is 1. The molecule has 4 nitrogen and oxygen atoms in total. The van der Waals surface area contributed by atoms with E-state index in [-0.39, 0.29) is 18.0 Å². The molecule has 1 aliphatic rings. The molecule has 1 N–H and O–H groups in total. The van der Waals surface area contributed by atoms with Gasteiger partial charge < -0.3 is 9.84 Å². The zero-order chi connectivity index (χ0) is 11.9. The van der Waals surface area contributed by atoms with E-state index >= 15 is 0 Å². The van der Waals surface area contributed by atoms with Gasteiger partial charge in [0.25, 0.3) is 0 Å². The van der Waals surface area contributed by atoms with Gasteiger partial charge in [-0.1, -0.05) is 11.6 Å². The van der Waals surface area contributed by atoms with E-state index in [1.165, 1.54) is 19.1 Å². The Labute approximate surface area is 96.8 Å². The van der Waals surface area contributed by atoms with Gasteiger partial charge in [-0.2, -0.15) is 0 Å². The summed E-state index contributed by atoms with van der Waals surface area (Å²) in [7, 11) is 0. The molecule has 0 radical (unpaired) electrons. The van der Waals surface area contributed by atoms with Gasteiger partial charge in [-0.05, 0) is 25.1 Å². The van der Waals surface area contributed by atoms with Crippen LogP contribution in [0.25, 0.3) is 0 Å². The van der Waals surface area contributed by atoms with Crippen molar-refractivity contribution in [3.05, 3.63) is 28.8 Å². The standard InChI is InChI=1S/C11H9ClO4/c1-11(10(14)15)5-8(13)7-4-6(12)2-3-9(7)16-11/h2-4H,5H2,1H3,(H,14,15). The van der Waals surface area contributed by atoms with E-state index in [0.29, 0.717) is 10.6 Å². The van der Waals surface area contributed by atoms with E-state index in [0.717, 1.165) is 0 Å². The molecule has 0 amide bonds. The minimum atomic E-state index is -1.49. The van der Waals surface area contributed by atoms with Crippen LogP contribution in [0.4, 0.5) is 0 Å². The van der Waals surface area contributed by atoms with Crippen LogP contribution < -0.4 is 4.74 Å². The highest BCUT2D eigenvalue weighted by molar-refractivity contribution is 6.31. The summed E-state index contributed by atoms with van der Waals surface area (Å²) >= 11 is 5.75. The Kier molecular flexibility index (Phi) is 2.39. The Bertz CT molecular complexity index is 483. The van der Waals surface area contributed by atoms with Crippen LogP contribution in [0, 0.1) is 0 Å². The maximum atomic E-state index is 11.8. The highest BCUT2D eigenvalue weighted by atomic mass is 35.5. The highest BCUT2D eigenvalue weighted by Gasteiger charge is 2.43. The fraction of sp³-hybridized carbons (Fsp3) is 0.273. The van der Waals surface area contributed by atoms with Crippen LogP contribution >= 0.6 is 11.6 Å². The van der Waals surface area contributed by atoms with Crippen LogP contribution in [-0.4, -0.2) is 22.5 Å². The SMILES string of the molecule is CC1(C(=O)O)CC(=O)c2cc(Cl)ccc2O1. The first-order valence-corrected chi connectivity index (χ1v) is 5.05. The number of ketones is 1.